The molecule has 0 fully saturated rings. The number of hydrogen-bond acceptors (Lipinski definition) is 2. The van der Waals surface area contributed by atoms with Crippen LogP contribution in [0, 0.1) is 0 Å². The molecule has 4 aromatic rings. The van der Waals surface area contributed by atoms with Gasteiger partial charge < -0.3 is 5.11 Å². The molecular formula is C21H16N2O. The minimum atomic E-state index is -0.0357. The third-order valence-electron chi connectivity index (χ3n) is 5.05. The summed E-state index contributed by atoms with van der Waals surface area (Å²) >= 11 is 0. The lowest BCUT2D eigenvalue weighted by Gasteiger charge is -2.13. The van der Waals surface area contributed by atoms with Gasteiger partial charge in [0.1, 0.15) is 0 Å². The van der Waals surface area contributed by atoms with E-state index < -0.39 is 0 Å². The molecule has 0 spiro atoms. The molecule has 1 heterocycles. The Morgan fingerprint density at radius 1 is 0.958 bits per heavy atom. The second kappa shape index (κ2) is 4.78. The maximum atomic E-state index is 11.5. The first-order valence-corrected chi connectivity index (χ1v) is 8.25. The lowest BCUT2D eigenvalue weighted by Crippen LogP contribution is -2.13. The SMILES string of the molecule is C/C(c1cc2cccc3ccc4cccc1c4c32)=[N+]1/CCC([O-])=N1. The van der Waals surface area contributed by atoms with Gasteiger partial charge in [-0.1, -0.05) is 53.2 Å². The fourth-order valence-corrected chi connectivity index (χ4v) is 3.88. The third-order valence-corrected chi connectivity index (χ3v) is 5.05. The highest BCUT2D eigenvalue weighted by molar-refractivity contribution is 6.27. The van der Waals surface area contributed by atoms with Crippen LogP contribution in [0.2, 0.25) is 0 Å². The molecule has 3 heteroatoms. The molecule has 0 saturated carbocycles. The largest absolute Gasteiger partial charge is 0.857 e. The summed E-state index contributed by atoms with van der Waals surface area (Å²) in [6.07, 6.45) is 0.501. The summed E-state index contributed by atoms with van der Waals surface area (Å²) in [6, 6.07) is 19.5. The van der Waals surface area contributed by atoms with Gasteiger partial charge >= 0.3 is 0 Å². The van der Waals surface area contributed by atoms with Crippen LogP contribution in [0.4, 0.5) is 0 Å². The first-order chi connectivity index (χ1) is 11.7. The predicted molar refractivity (Wildman–Crippen MR) is 97.1 cm³/mol. The van der Waals surface area contributed by atoms with Gasteiger partial charge in [-0.25, -0.2) is 0 Å². The molecule has 3 nitrogen and oxygen atoms in total. The van der Waals surface area contributed by atoms with Gasteiger partial charge in [-0.3, -0.25) is 0 Å². The molecule has 0 aromatic heterocycles. The van der Waals surface area contributed by atoms with Crippen LogP contribution < -0.4 is 5.11 Å². The topological polar surface area (TPSA) is 38.4 Å². The minimum absolute atomic E-state index is 0.0357. The molecule has 0 radical (unpaired) electrons. The van der Waals surface area contributed by atoms with E-state index in [1.807, 2.05) is 4.68 Å². The normalized spacial score (nSPS) is 17.1. The van der Waals surface area contributed by atoms with Crippen molar-refractivity contribution in [1.29, 1.82) is 0 Å². The number of rotatable bonds is 1. The van der Waals surface area contributed by atoms with Crippen LogP contribution in [0.25, 0.3) is 32.3 Å². The quantitative estimate of drug-likeness (QED) is 0.392. The van der Waals surface area contributed by atoms with E-state index in [1.54, 1.807) is 0 Å². The van der Waals surface area contributed by atoms with Crippen molar-refractivity contribution in [3.8, 4) is 0 Å². The van der Waals surface area contributed by atoms with Gasteiger partial charge in [-0.2, -0.15) is 0 Å². The monoisotopic (exact) mass is 312 g/mol. The molecule has 24 heavy (non-hydrogen) atoms. The van der Waals surface area contributed by atoms with E-state index in [1.165, 1.54) is 32.3 Å². The molecular weight excluding hydrogens is 296 g/mol. The Morgan fingerprint density at radius 2 is 1.67 bits per heavy atom. The van der Waals surface area contributed by atoms with Gasteiger partial charge in [0.2, 0.25) is 5.71 Å². The molecule has 0 unspecified atom stereocenters. The highest BCUT2D eigenvalue weighted by Gasteiger charge is 2.21. The summed E-state index contributed by atoms with van der Waals surface area (Å²) in [5.41, 5.74) is 2.20. The van der Waals surface area contributed by atoms with Crippen LogP contribution in [-0.4, -0.2) is 22.8 Å². The maximum absolute atomic E-state index is 11.5. The van der Waals surface area contributed by atoms with Crippen molar-refractivity contribution >= 4 is 43.9 Å². The predicted octanol–water partition coefficient (Wildman–Crippen LogP) is 3.48. The highest BCUT2D eigenvalue weighted by atomic mass is 16.3. The van der Waals surface area contributed by atoms with Crippen molar-refractivity contribution in [2.24, 2.45) is 5.10 Å². The Morgan fingerprint density at radius 3 is 2.42 bits per heavy atom. The molecule has 0 N–H and O–H groups in total. The third kappa shape index (κ3) is 1.78. The summed E-state index contributed by atoms with van der Waals surface area (Å²) in [4.78, 5) is 0. The summed E-state index contributed by atoms with van der Waals surface area (Å²) < 4.78 is 1.85. The van der Waals surface area contributed by atoms with E-state index in [9.17, 15) is 5.11 Å². The minimum Gasteiger partial charge on any atom is -0.857 e. The lowest BCUT2D eigenvalue weighted by atomic mass is 9.90. The second-order valence-electron chi connectivity index (χ2n) is 6.42. The summed E-state index contributed by atoms with van der Waals surface area (Å²) in [7, 11) is 0. The van der Waals surface area contributed by atoms with Crippen molar-refractivity contribution < 1.29 is 9.79 Å². The van der Waals surface area contributed by atoms with Gasteiger partial charge in [0.25, 0.3) is 0 Å². The Hall–Kier alpha value is -2.94. The zero-order chi connectivity index (χ0) is 16.3. The van der Waals surface area contributed by atoms with Crippen molar-refractivity contribution in [1.82, 2.24) is 0 Å². The fraction of sp³-hybridized carbons (Fsp3) is 0.143. The number of hydrazone groups is 1. The summed E-state index contributed by atoms with van der Waals surface area (Å²) in [5, 5.41) is 23.3. The fourth-order valence-electron chi connectivity index (χ4n) is 3.88. The standard InChI is InChI=1S/C21H16N2O/c1-13(23-11-10-19(24)22-23)18-12-16-6-2-4-14-8-9-15-5-3-7-17(18)21(15)20(14)16/h2-9,12H,10-11H2,1H3/b23-13+. The van der Waals surface area contributed by atoms with Gasteiger partial charge in [0.05, 0.1) is 5.56 Å². The van der Waals surface area contributed by atoms with E-state index in [0.717, 1.165) is 11.3 Å². The van der Waals surface area contributed by atoms with Gasteiger partial charge in [0.15, 0.2) is 6.54 Å². The Labute approximate surface area is 139 Å². The van der Waals surface area contributed by atoms with Crippen molar-refractivity contribution in [3.05, 3.63) is 60.2 Å². The number of benzene rings is 4. The average Bonchev–Trinajstić information content (AvgIpc) is 3.05. The Kier molecular flexibility index (Phi) is 2.69. The van der Waals surface area contributed by atoms with Crippen LogP contribution in [-0.2, 0) is 0 Å². The summed E-state index contributed by atoms with van der Waals surface area (Å²) in [6.45, 7) is 2.73. The Balaban J connectivity index is 1.96. The number of nitrogens with zero attached hydrogens (tertiary/aromatic N) is 2. The molecule has 1 aliphatic rings. The van der Waals surface area contributed by atoms with E-state index in [2.05, 4.69) is 66.6 Å². The molecule has 4 aromatic carbocycles. The molecule has 116 valence electrons. The van der Waals surface area contributed by atoms with Crippen molar-refractivity contribution in [3.63, 3.8) is 0 Å². The first-order valence-electron chi connectivity index (χ1n) is 8.25. The first kappa shape index (κ1) is 13.5. The van der Waals surface area contributed by atoms with Crippen molar-refractivity contribution in [2.75, 3.05) is 6.54 Å². The zero-order valence-corrected chi connectivity index (χ0v) is 13.4. The lowest BCUT2D eigenvalue weighted by molar-refractivity contribution is -0.524. The number of hydrogen-bond donors (Lipinski definition) is 0. The Bertz CT molecular complexity index is 1170. The van der Waals surface area contributed by atoms with E-state index in [0.29, 0.717) is 13.0 Å². The molecule has 0 amide bonds. The van der Waals surface area contributed by atoms with Crippen LogP contribution in [0.5, 0.6) is 0 Å². The highest BCUT2D eigenvalue weighted by Crippen LogP contribution is 2.36. The molecule has 1 aliphatic heterocycles. The summed E-state index contributed by atoms with van der Waals surface area (Å²) in [5.74, 6) is -0.0357. The molecule has 0 saturated heterocycles. The van der Waals surface area contributed by atoms with Crippen LogP contribution in [0.3, 0.4) is 0 Å². The molecule has 0 atom stereocenters. The van der Waals surface area contributed by atoms with Crippen LogP contribution in [0.1, 0.15) is 18.9 Å². The van der Waals surface area contributed by atoms with Crippen molar-refractivity contribution in [2.45, 2.75) is 13.3 Å². The van der Waals surface area contributed by atoms with Crippen LogP contribution in [0.15, 0.2) is 59.7 Å². The maximum Gasteiger partial charge on any atom is 0.213 e. The second-order valence-corrected chi connectivity index (χ2v) is 6.42. The van der Waals surface area contributed by atoms with E-state index in [-0.39, 0.29) is 5.90 Å². The smallest absolute Gasteiger partial charge is 0.213 e. The molecule has 0 aliphatic carbocycles. The van der Waals surface area contributed by atoms with Gasteiger partial charge in [-0.05, 0) is 43.5 Å². The molecule has 5 rings (SSSR count). The van der Waals surface area contributed by atoms with Gasteiger partial charge in [0, 0.05) is 19.2 Å². The van der Waals surface area contributed by atoms with E-state index >= 15 is 0 Å². The van der Waals surface area contributed by atoms with Crippen LogP contribution >= 0.6 is 0 Å². The average molecular weight is 312 g/mol. The van der Waals surface area contributed by atoms with E-state index in [4.69, 9.17) is 0 Å². The van der Waals surface area contributed by atoms with Gasteiger partial charge in [-0.15, -0.1) is 0 Å². The zero-order valence-electron chi connectivity index (χ0n) is 13.4. The molecule has 0 bridgehead atoms.